The van der Waals surface area contributed by atoms with Crippen LogP contribution in [0.3, 0.4) is 0 Å². The number of rotatable bonds is 3. The van der Waals surface area contributed by atoms with E-state index in [9.17, 15) is 0 Å². The van der Waals surface area contributed by atoms with Crippen molar-refractivity contribution in [1.29, 1.82) is 5.41 Å². The number of benzene rings is 2. The normalized spacial score (nSPS) is 11.4. The first-order valence-corrected chi connectivity index (χ1v) is 7.89. The topological polar surface area (TPSA) is 49.9 Å². The van der Waals surface area contributed by atoms with E-state index in [-0.39, 0.29) is 11.3 Å². The van der Waals surface area contributed by atoms with E-state index in [2.05, 4.69) is 45.0 Å². The zero-order chi connectivity index (χ0) is 15.6. The second-order valence-corrected chi connectivity index (χ2v) is 7.48. The number of halogens is 1. The van der Waals surface area contributed by atoms with E-state index >= 15 is 0 Å². The van der Waals surface area contributed by atoms with Crippen molar-refractivity contribution in [3.63, 3.8) is 0 Å². The van der Waals surface area contributed by atoms with E-state index in [0.29, 0.717) is 10.6 Å². The maximum absolute atomic E-state index is 7.65. The van der Waals surface area contributed by atoms with Gasteiger partial charge in [0, 0.05) is 20.4 Å². The summed E-state index contributed by atoms with van der Waals surface area (Å²) >= 11 is 7.62. The minimum atomic E-state index is 0.0560. The fraction of sp³-hybridized carbons (Fsp3) is 0.235. The Morgan fingerprint density at radius 1 is 1.10 bits per heavy atom. The van der Waals surface area contributed by atoms with Crippen LogP contribution in [0.2, 0.25) is 5.02 Å². The molecule has 2 aromatic carbocycles. The summed E-state index contributed by atoms with van der Waals surface area (Å²) in [5.74, 6) is 0.0560. The van der Waals surface area contributed by atoms with Crippen LogP contribution in [0.25, 0.3) is 0 Å². The minimum Gasteiger partial charge on any atom is -0.384 e. The van der Waals surface area contributed by atoms with Crippen molar-refractivity contribution >= 4 is 29.2 Å². The molecule has 0 aliphatic carbocycles. The summed E-state index contributed by atoms with van der Waals surface area (Å²) in [7, 11) is 0. The second-order valence-electron chi connectivity index (χ2n) is 5.93. The molecule has 0 spiro atoms. The van der Waals surface area contributed by atoms with Crippen molar-refractivity contribution < 1.29 is 0 Å². The van der Waals surface area contributed by atoms with Crippen LogP contribution in [-0.4, -0.2) is 5.84 Å². The van der Waals surface area contributed by atoms with Crippen molar-refractivity contribution in [1.82, 2.24) is 0 Å². The van der Waals surface area contributed by atoms with Gasteiger partial charge in [0.15, 0.2) is 0 Å². The van der Waals surface area contributed by atoms with Crippen molar-refractivity contribution in [2.45, 2.75) is 36.0 Å². The van der Waals surface area contributed by atoms with Crippen molar-refractivity contribution in [3.8, 4) is 0 Å². The maximum atomic E-state index is 7.65. The first kappa shape index (κ1) is 15.9. The predicted octanol–water partition coefficient (Wildman–Crippen LogP) is 5.07. The molecular formula is C17H19ClN2S. The van der Waals surface area contributed by atoms with Crippen LogP contribution in [0.4, 0.5) is 0 Å². The number of nitrogens with one attached hydrogen (secondary N) is 1. The molecule has 0 bridgehead atoms. The number of nitrogen functional groups attached to an aromatic ring is 1. The molecule has 110 valence electrons. The third kappa shape index (κ3) is 4.02. The molecule has 0 amide bonds. The Bertz CT molecular complexity index is 657. The zero-order valence-electron chi connectivity index (χ0n) is 12.4. The second kappa shape index (κ2) is 6.12. The first-order valence-electron chi connectivity index (χ1n) is 6.70. The quantitative estimate of drug-likeness (QED) is 0.613. The van der Waals surface area contributed by atoms with Gasteiger partial charge in [-0.05, 0) is 41.3 Å². The molecule has 0 aromatic heterocycles. The molecule has 0 aliphatic heterocycles. The Morgan fingerprint density at radius 2 is 1.71 bits per heavy atom. The molecule has 0 heterocycles. The standard InChI is InChI=1S/C17H19ClN2S/c1-17(2,3)11-4-7-13(8-5-11)21-15-10-12(18)6-9-14(15)16(19)20/h4-10H,1-3H3,(H3,19,20). The molecule has 2 aromatic rings. The molecule has 2 rings (SSSR count). The van der Waals surface area contributed by atoms with Crippen LogP contribution < -0.4 is 5.73 Å². The Labute approximate surface area is 135 Å². The highest BCUT2D eigenvalue weighted by Crippen LogP contribution is 2.33. The van der Waals surface area contributed by atoms with E-state index in [1.165, 1.54) is 5.56 Å². The van der Waals surface area contributed by atoms with Gasteiger partial charge in [0.1, 0.15) is 5.84 Å². The molecule has 0 aliphatic rings. The Hall–Kier alpha value is -1.45. The van der Waals surface area contributed by atoms with Crippen LogP contribution >= 0.6 is 23.4 Å². The zero-order valence-corrected chi connectivity index (χ0v) is 14.0. The lowest BCUT2D eigenvalue weighted by Gasteiger charge is -2.19. The highest BCUT2D eigenvalue weighted by molar-refractivity contribution is 7.99. The average molecular weight is 319 g/mol. The summed E-state index contributed by atoms with van der Waals surface area (Å²) < 4.78 is 0. The third-order valence-corrected chi connectivity index (χ3v) is 4.48. The first-order chi connectivity index (χ1) is 9.77. The highest BCUT2D eigenvalue weighted by Gasteiger charge is 2.13. The molecule has 0 unspecified atom stereocenters. The Kier molecular flexibility index (Phi) is 4.64. The lowest BCUT2D eigenvalue weighted by atomic mass is 9.87. The van der Waals surface area contributed by atoms with Crippen LogP contribution in [0.1, 0.15) is 31.9 Å². The van der Waals surface area contributed by atoms with Gasteiger partial charge in [-0.2, -0.15) is 0 Å². The number of nitrogens with two attached hydrogens (primary N) is 1. The van der Waals surface area contributed by atoms with Gasteiger partial charge in [-0.25, -0.2) is 0 Å². The van der Waals surface area contributed by atoms with Crippen molar-refractivity contribution in [3.05, 3.63) is 58.6 Å². The van der Waals surface area contributed by atoms with Gasteiger partial charge in [-0.1, -0.05) is 56.3 Å². The van der Waals surface area contributed by atoms with Gasteiger partial charge in [-0.3, -0.25) is 5.41 Å². The molecule has 2 nitrogen and oxygen atoms in total. The molecule has 0 fully saturated rings. The summed E-state index contributed by atoms with van der Waals surface area (Å²) in [5, 5.41) is 8.30. The fourth-order valence-corrected chi connectivity index (χ4v) is 3.19. The lowest BCUT2D eigenvalue weighted by Crippen LogP contribution is -2.12. The third-order valence-electron chi connectivity index (χ3n) is 3.18. The van der Waals surface area contributed by atoms with E-state index in [4.69, 9.17) is 22.7 Å². The molecule has 21 heavy (non-hydrogen) atoms. The fourth-order valence-electron chi connectivity index (χ4n) is 1.95. The molecule has 0 saturated carbocycles. The molecular weight excluding hydrogens is 300 g/mol. The monoisotopic (exact) mass is 318 g/mol. The number of amidine groups is 1. The Morgan fingerprint density at radius 3 is 2.24 bits per heavy atom. The van der Waals surface area contributed by atoms with Gasteiger partial charge in [0.2, 0.25) is 0 Å². The van der Waals surface area contributed by atoms with Gasteiger partial charge >= 0.3 is 0 Å². The maximum Gasteiger partial charge on any atom is 0.123 e. The molecule has 0 atom stereocenters. The van der Waals surface area contributed by atoms with E-state index in [1.54, 1.807) is 23.9 Å². The highest BCUT2D eigenvalue weighted by atomic mass is 35.5. The lowest BCUT2D eigenvalue weighted by molar-refractivity contribution is 0.590. The Balaban J connectivity index is 2.30. The number of hydrogen-bond donors (Lipinski definition) is 2. The SMILES string of the molecule is CC(C)(C)c1ccc(Sc2cc(Cl)ccc2C(=N)N)cc1. The van der Waals surface area contributed by atoms with E-state index in [1.807, 2.05) is 6.07 Å². The molecule has 0 saturated heterocycles. The summed E-state index contributed by atoms with van der Waals surface area (Å²) in [6.45, 7) is 6.58. The summed E-state index contributed by atoms with van der Waals surface area (Å²) in [5.41, 5.74) is 7.78. The van der Waals surface area contributed by atoms with Gasteiger partial charge in [0.05, 0.1) is 0 Å². The summed E-state index contributed by atoms with van der Waals surface area (Å²) in [6.07, 6.45) is 0. The summed E-state index contributed by atoms with van der Waals surface area (Å²) in [6, 6.07) is 13.9. The summed E-state index contributed by atoms with van der Waals surface area (Å²) in [4.78, 5) is 2.01. The van der Waals surface area contributed by atoms with Crippen molar-refractivity contribution in [2.24, 2.45) is 5.73 Å². The van der Waals surface area contributed by atoms with Gasteiger partial charge in [0.25, 0.3) is 0 Å². The van der Waals surface area contributed by atoms with Crippen LogP contribution in [-0.2, 0) is 5.41 Å². The largest absolute Gasteiger partial charge is 0.384 e. The molecule has 0 radical (unpaired) electrons. The van der Waals surface area contributed by atoms with Crippen molar-refractivity contribution in [2.75, 3.05) is 0 Å². The van der Waals surface area contributed by atoms with E-state index in [0.717, 1.165) is 9.79 Å². The minimum absolute atomic E-state index is 0.0560. The van der Waals surface area contributed by atoms with Gasteiger partial charge < -0.3 is 5.73 Å². The number of hydrogen-bond acceptors (Lipinski definition) is 2. The average Bonchev–Trinajstić information content (AvgIpc) is 2.38. The smallest absolute Gasteiger partial charge is 0.123 e. The predicted molar refractivity (Wildman–Crippen MR) is 91.7 cm³/mol. The molecule has 3 N–H and O–H groups in total. The van der Waals surface area contributed by atoms with Crippen LogP contribution in [0, 0.1) is 5.41 Å². The van der Waals surface area contributed by atoms with Crippen LogP contribution in [0.15, 0.2) is 52.3 Å². The van der Waals surface area contributed by atoms with Crippen LogP contribution in [0.5, 0.6) is 0 Å². The van der Waals surface area contributed by atoms with E-state index < -0.39 is 0 Å². The molecule has 4 heteroatoms. The van der Waals surface area contributed by atoms with Gasteiger partial charge in [-0.15, -0.1) is 0 Å².